The van der Waals surface area contributed by atoms with Crippen LogP contribution in [0.15, 0.2) is 42.5 Å². The van der Waals surface area contributed by atoms with Crippen molar-refractivity contribution >= 4 is 23.7 Å². The van der Waals surface area contributed by atoms with E-state index in [-0.39, 0.29) is 24.3 Å². The maximum atomic E-state index is 12.8. The lowest BCUT2D eigenvalue weighted by Crippen LogP contribution is -2.61. The number of hydrogen-bond acceptors (Lipinski definition) is 8. The molecule has 4 rings (SSSR count). The molecule has 0 spiro atoms. The zero-order chi connectivity index (χ0) is 25.0. The van der Waals surface area contributed by atoms with Gasteiger partial charge in [-0.1, -0.05) is 18.2 Å². The number of carbonyl (C=O) groups excluding carboxylic acids is 3. The third-order valence-electron chi connectivity index (χ3n) is 5.21. The SMILES string of the molecule is NC(=O)[C@H](O)[C@@H]1NC(=O)[C@@H](N)Cc2ccc(O)c(c2)Oc2ccc(cc2)C[C@@H](C(=O)O)NC1=O. The van der Waals surface area contributed by atoms with Gasteiger partial charge in [0.1, 0.15) is 17.8 Å². The zero-order valence-corrected chi connectivity index (χ0v) is 17.8. The molecule has 0 saturated heterocycles. The molecule has 180 valence electrons. The minimum Gasteiger partial charge on any atom is -0.504 e. The number of ether oxygens (including phenoxy) is 1. The minimum atomic E-state index is -2.14. The molecule has 12 nitrogen and oxygen atoms in total. The number of phenolic OH excluding ortho intramolecular Hbond substituents is 1. The molecule has 12 heteroatoms. The Hall–Kier alpha value is -4.16. The molecule has 34 heavy (non-hydrogen) atoms. The van der Waals surface area contributed by atoms with Crippen molar-refractivity contribution in [2.24, 2.45) is 11.5 Å². The maximum absolute atomic E-state index is 12.8. The number of aliphatic hydroxyl groups excluding tert-OH is 1. The largest absolute Gasteiger partial charge is 0.504 e. The van der Waals surface area contributed by atoms with Crippen LogP contribution < -0.4 is 26.8 Å². The average Bonchev–Trinajstić information content (AvgIpc) is 2.79. The number of carboxylic acid groups (broad SMARTS) is 1. The Morgan fingerprint density at radius 1 is 1.00 bits per heavy atom. The van der Waals surface area contributed by atoms with Crippen LogP contribution in [0.1, 0.15) is 11.1 Å². The second-order valence-electron chi connectivity index (χ2n) is 7.80. The number of benzene rings is 2. The van der Waals surface area contributed by atoms with Gasteiger partial charge in [0.2, 0.25) is 17.7 Å². The standard InChI is InChI=1S/C22H24N4O8/c23-13-7-11-3-6-15(27)16(9-11)34-12-4-1-10(2-5-12)8-14(22(32)33)25-21(31)17(26-20(13)30)18(28)19(24)29/h1-6,9,13-14,17-18,27-28H,7-8,23H2,(H2,24,29)(H,25,31)(H,26,30)(H,32,33)/t13-,14-,17-,18+/m0/s1. The van der Waals surface area contributed by atoms with Gasteiger partial charge in [-0.05, 0) is 41.8 Å². The Labute approximate surface area is 193 Å². The van der Waals surface area contributed by atoms with Crippen LogP contribution in [-0.2, 0) is 32.0 Å². The summed E-state index contributed by atoms with van der Waals surface area (Å²) in [6.07, 6.45) is -2.35. The number of carboxylic acids is 1. The lowest BCUT2D eigenvalue weighted by atomic mass is 10.0. The monoisotopic (exact) mass is 472 g/mol. The molecule has 0 aliphatic carbocycles. The molecule has 9 N–H and O–H groups in total. The number of rotatable bonds is 3. The van der Waals surface area contributed by atoms with E-state index in [4.69, 9.17) is 16.2 Å². The van der Waals surface area contributed by atoms with Crippen molar-refractivity contribution in [2.75, 3.05) is 0 Å². The average molecular weight is 472 g/mol. The van der Waals surface area contributed by atoms with Crippen molar-refractivity contribution in [1.29, 1.82) is 0 Å². The molecule has 4 bridgehead atoms. The third kappa shape index (κ3) is 5.79. The van der Waals surface area contributed by atoms with Crippen molar-refractivity contribution < 1.29 is 39.2 Å². The first kappa shape index (κ1) is 24.5. The van der Waals surface area contributed by atoms with E-state index in [0.29, 0.717) is 16.9 Å². The summed E-state index contributed by atoms with van der Waals surface area (Å²) in [6.45, 7) is 0. The van der Waals surface area contributed by atoms with E-state index in [1.165, 1.54) is 18.2 Å². The summed E-state index contributed by atoms with van der Waals surface area (Å²) in [5.41, 5.74) is 12.1. The van der Waals surface area contributed by atoms with E-state index in [0.717, 1.165) is 0 Å². The van der Waals surface area contributed by atoms with Crippen LogP contribution in [0.4, 0.5) is 0 Å². The smallest absolute Gasteiger partial charge is 0.326 e. The van der Waals surface area contributed by atoms with E-state index in [9.17, 15) is 34.5 Å². The van der Waals surface area contributed by atoms with Crippen LogP contribution in [0, 0.1) is 0 Å². The fraction of sp³-hybridized carbons (Fsp3) is 0.273. The Bertz CT molecular complexity index is 1100. The van der Waals surface area contributed by atoms with Crippen LogP contribution in [0.2, 0.25) is 0 Å². The lowest BCUT2D eigenvalue weighted by molar-refractivity contribution is -0.144. The van der Waals surface area contributed by atoms with E-state index in [1.54, 1.807) is 24.3 Å². The van der Waals surface area contributed by atoms with Crippen LogP contribution in [0.25, 0.3) is 0 Å². The van der Waals surface area contributed by atoms with Gasteiger partial charge in [0.05, 0.1) is 6.04 Å². The molecule has 2 heterocycles. The first-order valence-electron chi connectivity index (χ1n) is 10.2. The molecule has 4 atom stereocenters. The molecule has 2 aromatic carbocycles. The van der Waals surface area contributed by atoms with Gasteiger partial charge >= 0.3 is 5.97 Å². The van der Waals surface area contributed by atoms with Gasteiger partial charge in [-0.25, -0.2) is 4.79 Å². The Morgan fingerprint density at radius 2 is 1.65 bits per heavy atom. The summed E-state index contributed by atoms with van der Waals surface area (Å²) in [7, 11) is 0. The first-order valence-corrected chi connectivity index (χ1v) is 10.2. The molecule has 3 amide bonds. The van der Waals surface area contributed by atoms with E-state index in [2.05, 4.69) is 10.6 Å². The minimum absolute atomic E-state index is 0.0554. The molecule has 2 aliphatic rings. The van der Waals surface area contributed by atoms with Crippen LogP contribution in [0.3, 0.4) is 0 Å². The van der Waals surface area contributed by atoms with Crippen LogP contribution in [-0.4, -0.2) is 63.2 Å². The zero-order valence-electron chi connectivity index (χ0n) is 17.8. The predicted molar refractivity (Wildman–Crippen MR) is 117 cm³/mol. The molecule has 2 aliphatic heterocycles. The third-order valence-corrected chi connectivity index (χ3v) is 5.21. The highest BCUT2D eigenvalue weighted by Gasteiger charge is 2.35. The number of nitrogens with one attached hydrogen (secondary N) is 2. The van der Waals surface area contributed by atoms with Crippen LogP contribution >= 0.6 is 0 Å². The summed E-state index contributed by atoms with van der Waals surface area (Å²) in [5, 5.41) is 34.2. The van der Waals surface area contributed by atoms with Crippen molar-refractivity contribution in [1.82, 2.24) is 10.6 Å². The second kappa shape index (κ2) is 10.2. The predicted octanol–water partition coefficient (Wildman–Crippen LogP) is -1.49. The van der Waals surface area contributed by atoms with Gasteiger partial charge in [0.25, 0.3) is 0 Å². The number of primary amides is 1. The van der Waals surface area contributed by atoms with Gasteiger partial charge < -0.3 is 42.2 Å². The highest BCUT2D eigenvalue weighted by molar-refractivity contribution is 5.96. The van der Waals surface area contributed by atoms with E-state index in [1.807, 2.05) is 0 Å². The normalized spacial score (nSPS) is 22.0. The van der Waals surface area contributed by atoms with E-state index < -0.39 is 47.9 Å². The fourth-order valence-corrected chi connectivity index (χ4v) is 3.34. The molecule has 0 fully saturated rings. The molecule has 0 saturated carbocycles. The van der Waals surface area contributed by atoms with Gasteiger partial charge in [-0.3, -0.25) is 14.4 Å². The van der Waals surface area contributed by atoms with Crippen LogP contribution in [0.5, 0.6) is 17.2 Å². The summed E-state index contributed by atoms with van der Waals surface area (Å²) in [6, 6.07) is 6.04. The van der Waals surface area contributed by atoms with Crippen molar-refractivity contribution in [3.63, 3.8) is 0 Å². The Balaban J connectivity index is 2.02. The Morgan fingerprint density at radius 3 is 2.26 bits per heavy atom. The maximum Gasteiger partial charge on any atom is 0.326 e. The fourth-order valence-electron chi connectivity index (χ4n) is 3.34. The number of aliphatic carboxylic acids is 1. The number of fused-ring (bicyclic) bond motifs is 10. The van der Waals surface area contributed by atoms with Crippen molar-refractivity contribution in [3.05, 3.63) is 53.6 Å². The second-order valence-corrected chi connectivity index (χ2v) is 7.80. The van der Waals surface area contributed by atoms with Gasteiger partial charge in [-0.2, -0.15) is 0 Å². The summed E-state index contributed by atoms with van der Waals surface area (Å²) in [4.78, 5) is 48.7. The van der Waals surface area contributed by atoms with E-state index >= 15 is 0 Å². The highest BCUT2D eigenvalue weighted by atomic mass is 16.5. The summed E-state index contributed by atoms with van der Waals surface area (Å²) < 4.78 is 5.69. The van der Waals surface area contributed by atoms with Gasteiger partial charge in [0.15, 0.2) is 17.6 Å². The molecular formula is C22H24N4O8. The number of aliphatic hydroxyl groups is 1. The molecule has 0 aromatic heterocycles. The summed E-state index contributed by atoms with van der Waals surface area (Å²) >= 11 is 0. The molecule has 2 aromatic rings. The summed E-state index contributed by atoms with van der Waals surface area (Å²) in [5.74, 6) is -4.43. The molecular weight excluding hydrogens is 448 g/mol. The molecule has 0 radical (unpaired) electrons. The topological polar surface area (TPSA) is 214 Å². The number of amides is 3. The number of phenols is 1. The number of carbonyl (C=O) groups is 4. The van der Waals surface area contributed by atoms with Crippen molar-refractivity contribution in [3.8, 4) is 17.2 Å². The lowest BCUT2D eigenvalue weighted by Gasteiger charge is -2.25. The first-order chi connectivity index (χ1) is 16.0. The molecule has 0 unspecified atom stereocenters. The number of hydrogen-bond donors (Lipinski definition) is 7. The highest BCUT2D eigenvalue weighted by Crippen LogP contribution is 2.32. The van der Waals surface area contributed by atoms with Crippen molar-refractivity contribution in [2.45, 2.75) is 37.1 Å². The van der Waals surface area contributed by atoms with Gasteiger partial charge in [0, 0.05) is 6.42 Å². The van der Waals surface area contributed by atoms with Gasteiger partial charge in [-0.15, -0.1) is 0 Å². The number of nitrogens with two attached hydrogens (primary N) is 2. The number of aromatic hydroxyl groups is 1. The Kier molecular flexibility index (Phi) is 7.34. The quantitative estimate of drug-likeness (QED) is 0.277.